The van der Waals surface area contributed by atoms with Crippen LogP contribution < -0.4 is 0 Å². The molecule has 7 saturated heterocycles. The lowest BCUT2D eigenvalue weighted by molar-refractivity contribution is -0.263. The molecule has 6 N–H and O–H groups in total. The summed E-state index contributed by atoms with van der Waals surface area (Å²) in [6.07, 6.45) is 72.9. The van der Waals surface area contributed by atoms with Crippen LogP contribution >= 0.6 is 0 Å². The third-order valence-electron chi connectivity index (χ3n) is 34.6. The summed E-state index contributed by atoms with van der Waals surface area (Å²) in [7, 11) is 0. The number of carbonyl (C=O) groups excluding carboxylic acids is 1. The van der Waals surface area contributed by atoms with Gasteiger partial charge in [-0.15, -0.1) is 46.1 Å². The average Bonchev–Trinajstić information content (AvgIpc) is 1.52. The Morgan fingerprint density at radius 2 is 0.598 bits per heavy atom. The fourth-order valence-electron chi connectivity index (χ4n) is 30.3. The fourth-order valence-corrected chi connectivity index (χ4v) is 30.3. The zero-order valence-electron chi connectivity index (χ0n) is 68.0. The van der Waals surface area contributed by atoms with E-state index >= 15 is 0 Å². The summed E-state index contributed by atoms with van der Waals surface area (Å²) in [5.74, 6) is 5.69. The number of aliphatic hydroxyl groups is 6. The average molecular weight is 1620 g/mol. The van der Waals surface area contributed by atoms with Crippen LogP contribution in [0.4, 0.5) is 0 Å². The number of esters is 1. The van der Waals surface area contributed by atoms with E-state index in [1.807, 2.05) is 36.5 Å². The third-order valence-corrected chi connectivity index (χ3v) is 34.6. The van der Waals surface area contributed by atoms with Crippen molar-refractivity contribution in [1.82, 2.24) is 0 Å². The lowest BCUT2D eigenvalue weighted by Gasteiger charge is -2.45. The van der Waals surface area contributed by atoms with Gasteiger partial charge >= 0.3 is 5.97 Å². The van der Waals surface area contributed by atoms with Gasteiger partial charge in [0.25, 0.3) is 0 Å². The van der Waals surface area contributed by atoms with E-state index in [9.17, 15) is 35.4 Å². The summed E-state index contributed by atoms with van der Waals surface area (Å²) in [5.41, 5.74) is -7.69. The summed E-state index contributed by atoms with van der Waals surface area (Å²) in [6, 6.07) is 0. The normalized spacial score (nSPS) is 50.3. The highest BCUT2D eigenvalue weighted by Crippen LogP contribution is 2.70. The number of hydrogen-bond acceptors (Lipinski definition) is 16. The van der Waals surface area contributed by atoms with E-state index in [1.54, 1.807) is 0 Å². The van der Waals surface area contributed by atoms with Crippen LogP contribution in [-0.4, -0.2) is 154 Å². The largest absolute Gasteiger partial charge is 0.455 e. The minimum absolute atomic E-state index is 0. The Bertz CT molecular complexity index is 3750. The highest BCUT2D eigenvalue weighted by molar-refractivity contribution is 5.75. The highest BCUT2D eigenvalue weighted by Gasteiger charge is 2.77. The first-order valence-electron chi connectivity index (χ1n) is 44.6. The topological polar surface area (TPSA) is 222 Å². The lowest BCUT2D eigenvalue weighted by atomic mass is 9.72. The molecule has 16 heteroatoms. The molecule has 0 aromatic rings. The SMILES string of the molecule is C.C.C.C=CC[C@@H]1C[C@]2(O)CC(=O)O[C@@]23CC=CC[C@H]13.C=CC[C@@H]1C[C@]2(O)CC(O)O[C@@]23CC=CC[C@H]13.C=CC[C@@H]1C[C@]2(O)CCO[C@@]23CC=CC[C@H]13.C=CC[C@@H]1C[C@]2(O)C[C@@H](O[C@@]34CCO[C@@]35CC=CC[C@@H]5[C@H](CC=C)C4)O[C@@]23CC=CC[C@H]13.C=CC[C@@H]1C[C@]2(O)C[C@@H](O[C@@]34CCO[C@@]35CC=CC[C@@H]5[C@H](CC=C)C4)O[C@@]23CC=CC[C@H]13. The van der Waals surface area contributed by atoms with Crippen molar-refractivity contribution in [3.63, 3.8) is 0 Å². The van der Waals surface area contributed by atoms with Crippen molar-refractivity contribution in [2.24, 2.45) is 82.9 Å². The van der Waals surface area contributed by atoms with Crippen LogP contribution in [0.1, 0.15) is 247 Å². The van der Waals surface area contributed by atoms with Gasteiger partial charge in [0.05, 0.1) is 48.6 Å². The fraction of sp³-hybridized carbons (Fsp3) is 0.713. The van der Waals surface area contributed by atoms with E-state index < -0.39 is 56.7 Å². The van der Waals surface area contributed by atoms with Crippen molar-refractivity contribution >= 4 is 5.97 Å². The molecule has 21 aliphatic rings. The Labute approximate surface area is 700 Å². The highest BCUT2D eigenvalue weighted by atomic mass is 16.7. The number of carbonyl (C=O) groups is 1. The van der Waals surface area contributed by atoms with Gasteiger partial charge in [-0.05, 0) is 250 Å². The minimum Gasteiger partial charge on any atom is -0.455 e. The third kappa shape index (κ3) is 13.5. The van der Waals surface area contributed by atoms with Gasteiger partial charge in [0.2, 0.25) is 0 Å². The zero-order valence-corrected chi connectivity index (χ0v) is 68.0. The van der Waals surface area contributed by atoms with Crippen LogP contribution in [0, 0.1) is 82.9 Å². The van der Waals surface area contributed by atoms with Gasteiger partial charge in [-0.1, -0.05) is 150 Å². The first-order chi connectivity index (χ1) is 55.0. The molecule has 646 valence electrons. The Morgan fingerprint density at radius 1 is 0.325 bits per heavy atom. The zero-order chi connectivity index (χ0) is 79.5. The molecule has 0 radical (unpaired) electrons. The second-order valence-corrected chi connectivity index (χ2v) is 39.4. The lowest BCUT2D eigenvalue weighted by Crippen LogP contribution is -2.54. The summed E-state index contributed by atoms with van der Waals surface area (Å²) in [5, 5.41) is 66.0. The number of rotatable bonds is 18. The predicted molar refractivity (Wildman–Crippen MR) is 458 cm³/mol. The van der Waals surface area contributed by atoms with E-state index in [4.69, 9.17) is 42.6 Å². The van der Waals surface area contributed by atoms with Crippen molar-refractivity contribution in [2.75, 3.05) is 19.8 Å². The van der Waals surface area contributed by atoms with Crippen LogP contribution in [0.2, 0.25) is 0 Å². The molecule has 7 heterocycles. The van der Waals surface area contributed by atoms with Crippen molar-refractivity contribution in [1.29, 1.82) is 0 Å². The maximum absolute atomic E-state index is 11.9. The molecule has 21 rings (SSSR count). The second kappa shape index (κ2) is 33.4. The molecule has 117 heavy (non-hydrogen) atoms. The molecule has 14 fully saturated rings. The Morgan fingerprint density at radius 3 is 0.974 bits per heavy atom. The molecule has 7 aliphatic heterocycles. The second-order valence-electron chi connectivity index (χ2n) is 39.4. The van der Waals surface area contributed by atoms with Gasteiger partial charge in [0, 0.05) is 50.9 Å². The van der Waals surface area contributed by atoms with E-state index in [1.165, 1.54) is 0 Å². The monoisotopic (exact) mass is 1620 g/mol. The van der Waals surface area contributed by atoms with Gasteiger partial charge in [-0.25, -0.2) is 0 Å². The molecule has 31 atom stereocenters. The van der Waals surface area contributed by atoms with Crippen LogP contribution in [0.15, 0.2) is 174 Å². The van der Waals surface area contributed by atoms with Gasteiger partial charge in [-0.2, -0.15) is 0 Å². The Hall–Kier alpha value is -4.73. The molecule has 0 aromatic carbocycles. The van der Waals surface area contributed by atoms with Crippen LogP contribution in [0.3, 0.4) is 0 Å². The van der Waals surface area contributed by atoms with E-state index in [0.717, 1.165) is 206 Å². The van der Waals surface area contributed by atoms with E-state index in [0.29, 0.717) is 109 Å². The number of hydrogen-bond donors (Lipinski definition) is 6. The minimum atomic E-state index is -0.951. The quantitative estimate of drug-likeness (QED) is 0.0555. The molecular weight excluding hydrogens is 1470 g/mol. The van der Waals surface area contributed by atoms with Crippen LogP contribution in [0.5, 0.6) is 0 Å². The van der Waals surface area contributed by atoms with Gasteiger partial charge < -0.3 is 73.3 Å². The van der Waals surface area contributed by atoms with Crippen molar-refractivity contribution in [3.8, 4) is 0 Å². The maximum atomic E-state index is 11.9. The number of ether oxygens (including phenoxy) is 9. The van der Waals surface area contributed by atoms with Crippen LogP contribution in [-0.2, 0) is 47.4 Å². The molecule has 0 aromatic heterocycles. The molecule has 16 nitrogen and oxygen atoms in total. The molecule has 0 amide bonds. The van der Waals surface area contributed by atoms with Crippen molar-refractivity contribution in [2.45, 2.75) is 344 Å². The maximum Gasteiger partial charge on any atom is 0.309 e. The molecule has 7 spiro atoms. The number of allylic oxidation sites excluding steroid dienone is 14. The first kappa shape index (κ1) is 88.6. The summed E-state index contributed by atoms with van der Waals surface area (Å²) < 4.78 is 58.3. The van der Waals surface area contributed by atoms with Crippen LogP contribution in [0.25, 0.3) is 0 Å². The molecular formula is C101H146O16. The number of aliphatic hydroxyl groups excluding tert-OH is 1. The Kier molecular flexibility index (Phi) is 25.3. The van der Waals surface area contributed by atoms with Crippen molar-refractivity contribution < 1.29 is 78.1 Å². The summed E-state index contributed by atoms with van der Waals surface area (Å²) in [4.78, 5) is 11.5. The summed E-state index contributed by atoms with van der Waals surface area (Å²) >= 11 is 0. The molecule has 1 unspecified atom stereocenters. The Balaban J connectivity index is 0.000000124. The van der Waals surface area contributed by atoms with E-state index in [-0.39, 0.29) is 81.2 Å². The predicted octanol–water partition coefficient (Wildman–Crippen LogP) is 18.6. The van der Waals surface area contributed by atoms with Gasteiger partial charge in [0.15, 0.2) is 18.9 Å². The standard InChI is InChI=1S/2C28H38O4.C14H20O3.C14H18O3.C14H20O2.3CH4/c2*1-3-9-20-17-25(29)19-24(32-27(25)13-7-5-11-22(20)27)31-26-15-16-30-28(26)14-8-6-12-23(28)21(18-26)10-4-2;2*1-2-5-10-8-13(16)9-12(15)17-14(13)7-4-3-6-11(10)14;1-2-5-11-10-13(15)8-9-16-14(13)7-4-3-6-12(11)14;;;/h2*3-8,20-24,29H,1-2,9-19H2;2-4,10-12,15-16H,1,5-9H2;2-4,10-11,16H,1,5-9H2;2-4,11-12,15H,1,5-10H2;3*1H4/t2*20-,21-,22-,23-,24+,25+,26-,27-,28-;10-,11-,12?,13+,14-;10-,11-,13+,14-;11-,12-,13-,14-;;;/m11111.../s1. The molecule has 7 saturated carbocycles. The van der Waals surface area contributed by atoms with E-state index in [2.05, 4.69) is 137 Å². The van der Waals surface area contributed by atoms with Gasteiger partial charge in [0.1, 0.15) is 56.0 Å². The molecule has 0 bridgehead atoms. The smallest absolute Gasteiger partial charge is 0.309 e. The summed E-state index contributed by atoms with van der Waals surface area (Å²) in [6.45, 7) is 29.6. The molecule has 14 aliphatic carbocycles. The van der Waals surface area contributed by atoms with Crippen molar-refractivity contribution in [3.05, 3.63) is 174 Å². The first-order valence-corrected chi connectivity index (χ1v) is 44.6. The van der Waals surface area contributed by atoms with Gasteiger partial charge in [-0.3, -0.25) is 4.79 Å².